The molecule has 0 saturated heterocycles. The maximum Gasteiger partial charge on any atom is 0.254 e. The van der Waals surface area contributed by atoms with Crippen molar-refractivity contribution in [1.29, 1.82) is 0 Å². The molecule has 0 aliphatic heterocycles. The molecule has 1 aromatic carbocycles. The maximum absolute atomic E-state index is 13.4. The molecule has 0 aliphatic rings. The number of rotatable bonds is 6. The molecule has 140 valence electrons. The van der Waals surface area contributed by atoms with Crippen LogP contribution in [0.15, 0.2) is 53.6 Å². The lowest BCUT2D eigenvalue weighted by Gasteiger charge is -2.29. The van der Waals surface area contributed by atoms with Crippen molar-refractivity contribution in [2.45, 2.75) is 39.2 Å². The molecule has 0 fully saturated rings. The van der Waals surface area contributed by atoms with Crippen molar-refractivity contribution in [3.8, 4) is 0 Å². The van der Waals surface area contributed by atoms with Crippen LogP contribution in [0.1, 0.15) is 53.7 Å². The van der Waals surface area contributed by atoms with E-state index < -0.39 is 0 Å². The Morgan fingerprint density at radius 1 is 1.26 bits per heavy atom. The minimum Gasteiger partial charge on any atom is -0.335 e. The highest BCUT2D eigenvalue weighted by atomic mass is 16.2. The topological polar surface area (TPSA) is 66.1 Å². The van der Waals surface area contributed by atoms with Gasteiger partial charge in [0.25, 0.3) is 5.91 Å². The van der Waals surface area contributed by atoms with Gasteiger partial charge in [-0.05, 0) is 37.1 Å². The van der Waals surface area contributed by atoms with Crippen LogP contribution >= 0.6 is 0 Å². The number of hydrogen-bond acceptors (Lipinski definition) is 3. The number of H-pyrrole nitrogens is 1. The highest BCUT2D eigenvalue weighted by Crippen LogP contribution is 2.27. The quantitative estimate of drug-likeness (QED) is 0.712. The molecule has 2 aromatic heterocycles. The molecule has 3 aromatic rings. The van der Waals surface area contributed by atoms with Gasteiger partial charge in [0.2, 0.25) is 5.56 Å². The van der Waals surface area contributed by atoms with Crippen LogP contribution in [0.2, 0.25) is 0 Å². The van der Waals surface area contributed by atoms with E-state index >= 15 is 0 Å². The summed E-state index contributed by atoms with van der Waals surface area (Å²) in [6.45, 7) is 4.11. The monoisotopic (exact) mass is 363 g/mol. The van der Waals surface area contributed by atoms with Crippen LogP contribution in [0, 0.1) is 6.92 Å². The molecule has 0 aliphatic carbocycles. The Bertz CT molecular complexity index is 995. The first-order chi connectivity index (χ1) is 13.0. The van der Waals surface area contributed by atoms with Gasteiger partial charge in [0.15, 0.2) is 0 Å². The molecule has 0 saturated carbocycles. The zero-order valence-corrected chi connectivity index (χ0v) is 16.0. The Kier molecular flexibility index (Phi) is 5.69. The van der Waals surface area contributed by atoms with Gasteiger partial charge in [-0.3, -0.25) is 14.6 Å². The van der Waals surface area contributed by atoms with E-state index in [1.807, 2.05) is 43.5 Å². The van der Waals surface area contributed by atoms with Gasteiger partial charge in [0, 0.05) is 36.4 Å². The van der Waals surface area contributed by atoms with Crippen LogP contribution in [0.3, 0.4) is 0 Å². The summed E-state index contributed by atoms with van der Waals surface area (Å²) in [5, 5.41) is 0.770. The number of aromatic amines is 1. The third-order valence-electron chi connectivity index (χ3n) is 4.92. The van der Waals surface area contributed by atoms with Gasteiger partial charge in [-0.1, -0.05) is 37.5 Å². The van der Waals surface area contributed by atoms with E-state index in [-0.39, 0.29) is 17.5 Å². The Morgan fingerprint density at radius 2 is 2.07 bits per heavy atom. The summed E-state index contributed by atoms with van der Waals surface area (Å²) in [5.74, 6) is -0.151. The van der Waals surface area contributed by atoms with Crippen molar-refractivity contribution in [2.24, 2.45) is 0 Å². The molecule has 27 heavy (non-hydrogen) atoms. The largest absolute Gasteiger partial charge is 0.335 e. The number of pyridine rings is 2. The first-order valence-electron chi connectivity index (χ1n) is 9.32. The van der Waals surface area contributed by atoms with E-state index in [9.17, 15) is 9.59 Å². The molecular formula is C22H25N3O2. The maximum atomic E-state index is 13.4. The van der Waals surface area contributed by atoms with Crippen LogP contribution in [-0.2, 0) is 0 Å². The predicted octanol–water partition coefficient (Wildman–Crippen LogP) is 4.24. The number of nitrogens with zero attached hydrogens (tertiary/aromatic N) is 2. The lowest BCUT2D eigenvalue weighted by Crippen LogP contribution is -2.32. The van der Waals surface area contributed by atoms with Crippen molar-refractivity contribution in [2.75, 3.05) is 7.05 Å². The van der Waals surface area contributed by atoms with E-state index in [1.165, 1.54) is 6.07 Å². The second-order valence-corrected chi connectivity index (χ2v) is 6.96. The SMILES string of the molecule is CCCCC(c1cccnc1)N(C)C(=O)c1cc(=O)[nH]c2ccc(C)cc12. The lowest BCUT2D eigenvalue weighted by atomic mass is 9.99. The summed E-state index contributed by atoms with van der Waals surface area (Å²) in [4.78, 5) is 34.2. The van der Waals surface area contributed by atoms with Gasteiger partial charge in [-0.15, -0.1) is 0 Å². The summed E-state index contributed by atoms with van der Waals surface area (Å²) in [6.07, 6.45) is 6.45. The minimum absolute atomic E-state index is 0.0784. The fraction of sp³-hybridized carbons (Fsp3) is 0.318. The molecule has 0 radical (unpaired) electrons. The van der Waals surface area contributed by atoms with Crippen molar-refractivity contribution >= 4 is 16.8 Å². The second kappa shape index (κ2) is 8.16. The molecule has 2 heterocycles. The van der Waals surface area contributed by atoms with Gasteiger partial charge >= 0.3 is 0 Å². The number of aromatic nitrogens is 2. The average Bonchev–Trinajstić information content (AvgIpc) is 2.68. The Morgan fingerprint density at radius 3 is 2.78 bits per heavy atom. The molecule has 1 unspecified atom stereocenters. The smallest absolute Gasteiger partial charge is 0.254 e. The highest BCUT2D eigenvalue weighted by Gasteiger charge is 2.24. The van der Waals surface area contributed by atoms with Crippen molar-refractivity contribution in [3.05, 3.63) is 75.8 Å². The number of fused-ring (bicyclic) bond motifs is 1. The van der Waals surface area contributed by atoms with Crippen molar-refractivity contribution < 1.29 is 4.79 Å². The fourth-order valence-electron chi connectivity index (χ4n) is 3.43. The predicted molar refractivity (Wildman–Crippen MR) is 108 cm³/mol. The van der Waals surface area contributed by atoms with Crippen LogP contribution in [0.25, 0.3) is 10.9 Å². The lowest BCUT2D eigenvalue weighted by molar-refractivity contribution is 0.0722. The van der Waals surface area contributed by atoms with E-state index in [2.05, 4.69) is 16.9 Å². The van der Waals surface area contributed by atoms with Crippen LogP contribution in [-0.4, -0.2) is 27.8 Å². The first kappa shape index (κ1) is 18.8. The number of carbonyl (C=O) groups excluding carboxylic acids is 1. The molecule has 5 nitrogen and oxygen atoms in total. The van der Waals surface area contributed by atoms with Crippen molar-refractivity contribution in [3.63, 3.8) is 0 Å². The molecule has 1 amide bonds. The summed E-state index contributed by atoms with van der Waals surface area (Å²) < 4.78 is 0. The second-order valence-electron chi connectivity index (χ2n) is 6.96. The number of aryl methyl sites for hydroxylation is 1. The third-order valence-corrected chi connectivity index (χ3v) is 4.92. The fourth-order valence-corrected chi connectivity index (χ4v) is 3.43. The number of hydrogen-bond donors (Lipinski definition) is 1. The van der Waals surface area contributed by atoms with Gasteiger partial charge < -0.3 is 9.88 Å². The average molecular weight is 363 g/mol. The molecule has 0 bridgehead atoms. The third kappa shape index (κ3) is 4.08. The normalized spacial score (nSPS) is 12.1. The standard InChI is InChI=1S/C22H25N3O2/c1-4-5-8-20(16-7-6-11-23-14-16)25(3)22(27)18-13-21(26)24-19-10-9-15(2)12-17(18)19/h6-7,9-14,20H,4-5,8H2,1-3H3,(H,24,26). The molecule has 1 atom stereocenters. The zero-order chi connectivity index (χ0) is 19.4. The number of benzene rings is 1. The van der Waals surface area contributed by atoms with Gasteiger partial charge in [-0.25, -0.2) is 0 Å². The first-order valence-corrected chi connectivity index (χ1v) is 9.32. The van der Waals surface area contributed by atoms with E-state index in [0.29, 0.717) is 11.1 Å². The molecular weight excluding hydrogens is 338 g/mol. The van der Waals surface area contributed by atoms with Gasteiger partial charge in [0.05, 0.1) is 11.6 Å². The van der Waals surface area contributed by atoms with Crippen LogP contribution in [0.4, 0.5) is 0 Å². The molecule has 5 heteroatoms. The number of amides is 1. The number of unbranched alkanes of at least 4 members (excludes halogenated alkanes) is 1. The van der Waals surface area contributed by atoms with E-state index in [1.54, 1.807) is 18.1 Å². The highest BCUT2D eigenvalue weighted by molar-refractivity contribution is 6.06. The summed E-state index contributed by atoms with van der Waals surface area (Å²) >= 11 is 0. The van der Waals surface area contributed by atoms with Gasteiger partial charge in [0.1, 0.15) is 0 Å². The van der Waals surface area contributed by atoms with Crippen molar-refractivity contribution in [1.82, 2.24) is 14.9 Å². The van der Waals surface area contributed by atoms with Gasteiger partial charge in [-0.2, -0.15) is 0 Å². The molecule has 3 rings (SSSR count). The van der Waals surface area contributed by atoms with E-state index in [4.69, 9.17) is 0 Å². The Hall–Kier alpha value is -2.95. The van der Waals surface area contributed by atoms with Crippen LogP contribution < -0.4 is 5.56 Å². The Labute approximate surface area is 159 Å². The zero-order valence-electron chi connectivity index (χ0n) is 16.0. The number of carbonyl (C=O) groups is 1. The summed E-state index contributed by atoms with van der Waals surface area (Å²) in [5.41, 5.74) is 2.89. The minimum atomic E-state index is -0.269. The summed E-state index contributed by atoms with van der Waals surface area (Å²) in [6, 6.07) is 10.9. The Balaban J connectivity index is 2.04. The van der Waals surface area contributed by atoms with Crippen LogP contribution in [0.5, 0.6) is 0 Å². The van der Waals surface area contributed by atoms with E-state index in [0.717, 1.165) is 35.8 Å². The molecule has 1 N–H and O–H groups in total. The number of nitrogens with one attached hydrogen (secondary N) is 1. The molecule has 0 spiro atoms. The summed E-state index contributed by atoms with van der Waals surface area (Å²) in [7, 11) is 1.80.